The Kier molecular flexibility index (Phi) is 50.8. The Morgan fingerprint density at radius 3 is 0.373 bits per heavy atom. The van der Waals surface area contributed by atoms with Gasteiger partial charge in [-0.3, -0.25) is 0 Å². The van der Waals surface area contributed by atoms with Gasteiger partial charge in [-0.2, -0.15) is 13.2 Å². The molecular weight excluding hydrogens is 1530 g/mol. The highest BCUT2D eigenvalue weighted by molar-refractivity contribution is 4.98. The molecule has 756 valence electrons. The highest BCUT2D eigenvalue weighted by Crippen LogP contribution is 2.51. The maximum absolute atomic E-state index is 12.6. The first-order valence-corrected chi connectivity index (χ1v) is 57.1. The molecule has 0 aromatic heterocycles. The predicted octanol–water partition coefficient (Wildman–Crippen LogP) is 44.1. The fourth-order valence-corrected chi connectivity index (χ4v) is 29.7. The Bertz CT molecular complexity index is 2760. The summed E-state index contributed by atoms with van der Waals surface area (Å²) >= 11 is 0. The second-order valence-electron chi connectivity index (χ2n) is 48.4. The summed E-state index contributed by atoms with van der Waals surface area (Å²) in [6, 6.07) is 0. The first-order chi connectivity index (χ1) is 61.0. The summed E-state index contributed by atoms with van der Waals surface area (Å²) in [5.74, 6) is 29.0. The molecule has 16 aliphatic rings. The van der Waals surface area contributed by atoms with E-state index < -0.39 is 12.1 Å². The molecule has 0 spiro atoms. The van der Waals surface area contributed by atoms with Gasteiger partial charge in [0.05, 0.1) is 5.92 Å². The maximum Gasteiger partial charge on any atom is 0.391 e. The van der Waals surface area contributed by atoms with Crippen LogP contribution < -0.4 is 0 Å². The molecule has 3 heteroatoms. The lowest BCUT2D eigenvalue weighted by Crippen LogP contribution is -2.31. The normalized spacial score (nSPS) is 41.5. The van der Waals surface area contributed by atoms with Gasteiger partial charge in [0.15, 0.2) is 0 Å². The molecule has 16 rings (SSSR count). The Balaban J connectivity index is -0.000000237. The standard InChI is InChI=1S/2C17H28.C16H28.C16H26.C15H26.C14H23F3.2C14H26.16H2/c2*1-3-5-15-8-12-17(13-9-15)16-10-6-14(4-2)7-11-16;1-3-4-14-7-11-16(12-8-14)15-9-5-13(2)6-10-15;1-3-13-5-9-15(10-6-13)16-11-7-14(4-2)8-12-16;1-3-13-6-10-15(11-7-13)14-8-4-12(2)5-9-14;1-10-2-4-11(5-3-10)12-6-8-13(9-7-12)14(15,16)17;2*1-11-3-7-13(8-4-11)14-9-5-12(2)6-10-14;;;;;;;;;;;;;;;;/h2*3-5,14-17H,2,6-13H2,1H3;3-4,13-16H,5-12H2,1-2H3;3-4,13-16H,1-2,5-12H2;3,12-15H,1,4-11H2,2H3;10-13H,2-9H2,1H3;2*11-14H,3-10H2,1-2H3;16*1H/b2*5-3+;4-3+;;;;;;;;;;;;;;;;;;;;;. The smallest absolute Gasteiger partial charge is 0.171 e. The molecule has 126 heavy (non-hydrogen) atoms. The van der Waals surface area contributed by atoms with Gasteiger partial charge in [-0.25, -0.2) is 0 Å². The summed E-state index contributed by atoms with van der Waals surface area (Å²) in [4.78, 5) is 0. The number of hydrogen-bond acceptors (Lipinski definition) is 0. The lowest BCUT2D eigenvalue weighted by Gasteiger charge is -2.37. The first-order valence-electron chi connectivity index (χ1n) is 57.1. The number of alkyl halides is 3. The van der Waals surface area contributed by atoms with Crippen LogP contribution in [0, 0.1) is 189 Å². The van der Waals surface area contributed by atoms with E-state index in [1.54, 1.807) is 51.4 Å². The molecule has 0 aromatic carbocycles. The monoisotopic (exact) mass is 1780 g/mol. The molecule has 0 radical (unpaired) electrons. The van der Waals surface area contributed by atoms with E-state index >= 15 is 0 Å². The minimum absolute atomic E-state index is 0. The van der Waals surface area contributed by atoms with Crippen LogP contribution in [0.3, 0.4) is 0 Å². The molecular formula is C123H243F3. The molecule has 0 atom stereocenters. The summed E-state index contributed by atoms with van der Waals surface area (Å²) in [6.07, 6.45) is 111. The van der Waals surface area contributed by atoms with Crippen molar-refractivity contribution in [1.82, 2.24) is 0 Å². The van der Waals surface area contributed by atoms with Crippen LogP contribution in [-0.2, 0) is 0 Å². The van der Waals surface area contributed by atoms with Crippen LogP contribution in [0.4, 0.5) is 13.2 Å². The van der Waals surface area contributed by atoms with Gasteiger partial charge >= 0.3 is 6.18 Å². The lowest BCUT2D eigenvalue weighted by atomic mass is 9.69. The zero-order chi connectivity index (χ0) is 90.0. The van der Waals surface area contributed by atoms with Gasteiger partial charge in [-0.1, -0.05) is 205 Å². The van der Waals surface area contributed by atoms with Crippen LogP contribution in [0.1, 0.15) is 503 Å². The second-order valence-corrected chi connectivity index (χ2v) is 48.4. The maximum atomic E-state index is 12.6. The van der Waals surface area contributed by atoms with E-state index in [4.69, 9.17) is 0 Å². The number of allylic oxidation sites excluding steroid dienone is 11. The van der Waals surface area contributed by atoms with Gasteiger partial charge in [-0.05, 0) is 525 Å². The van der Waals surface area contributed by atoms with Crippen LogP contribution in [0.15, 0.2) is 99.7 Å². The van der Waals surface area contributed by atoms with E-state index in [0.717, 1.165) is 190 Å². The van der Waals surface area contributed by atoms with E-state index in [-0.39, 0.29) is 22.8 Å². The van der Waals surface area contributed by atoms with E-state index in [9.17, 15) is 13.2 Å². The molecule has 0 aliphatic heterocycles. The van der Waals surface area contributed by atoms with Crippen LogP contribution in [0.5, 0.6) is 0 Å². The highest BCUT2D eigenvalue weighted by atomic mass is 19.4. The van der Waals surface area contributed by atoms with E-state index in [0.29, 0.717) is 18.8 Å². The fraction of sp³-hybridized carbons (Fsp3) is 0.870. The van der Waals surface area contributed by atoms with Crippen molar-refractivity contribution in [2.75, 3.05) is 0 Å². The topological polar surface area (TPSA) is 0 Å². The van der Waals surface area contributed by atoms with Crippen molar-refractivity contribution in [2.24, 2.45) is 189 Å². The molecule has 16 aliphatic carbocycles. The Hall–Kier alpha value is -2.29. The highest BCUT2D eigenvalue weighted by Gasteiger charge is 2.44. The molecule has 0 bridgehead atoms. The SMILES string of the molecule is C/C=C/C1CCC(C2CCC(C)CC2)CC1.C=CC1CCC(C2CCC(/C=C/C)CC2)CC1.C=CC1CCC(C2CCC(/C=C/C)CC2)CC1.C=CC1CCC(C2CCC(C)CC2)CC1.C=CC1CCC(C2CCC(C=C)CC2)CC1.CC1CCC(C2CCC(C(F)(F)F)CC2)CC1.CC1CCC(C2CCC(C)CC2)CC1.CC1CCC(C2CCC(C)CC2)CC1.[HH].[HH].[HH].[HH].[HH].[HH].[HH].[HH].[HH].[HH].[HH].[HH].[HH].[HH].[HH].[HH]. The average molecular weight is 1780 g/mol. The molecule has 0 amide bonds. The largest absolute Gasteiger partial charge is 0.391 e. The van der Waals surface area contributed by atoms with Crippen LogP contribution >= 0.6 is 0 Å². The van der Waals surface area contributed by atoms with Crippen molar-refractivity contribution in [3.8, 4) is 0 Å². The molecule has 16 fully saturated rings. The number of rotatable bonds is 16. The third-order valence-corrected chi connectivity index (χ3v) is 39.6. The third-order valence-electron chi connectivity index (χ3n) is 39.6. The van der Waals surface area contributed by atoms with Crippen molar-refractivity contribution in [3.63, 3.8) is 0 Å². The summed E-state index contributed by atoms with van der Waals surface area (Å²) in [6.45, 7) is 43.0. The molecule has 16 saturated carbocycles. The number of hydrogen-bond donors (Lipinski definition) is 0. The molecule has 0 heterocycles. The Morgan fingerprint density at radius 1 is 0.167 bits per heavy atom. The van der Waals surface area contributed by atoms with Crippen LogP contribution in [0.2, 0.25) is 0 Å². The van der Waals surface area contributed by atoms with Crippen molar-refractivity contribution in [1.29, 1.82) is 0 Å². The van der Waals surface area contributed by atoms with Crippen molar-refractivity contribution in [3.05, 3.63) is 99.7 Å². The van der Waals surface area contributed by atoms with Crippen molar-refractivity contribution >= 4 is 0 Å². The Morgan fingerprint density at radius 2 is 0.270 bits per heavy atom. The van der Waals surface area contributed by atoms with E-state index in [1.165, 1.54) is 334 Å². The van der Waals surface area contributed by atoms with Crippen molar-refractivity contribution in [2.45, 2.75) is 486 Å². The molecule has 0 nitrogen and oxygen atoms in total. The zero-order valence-electron chi connectivity index (χ0n) is 85.3. The average Bonchev–Trinajstić information content (AvgIpc) is 0.815. The van der Waals surface area contributed by atoms with Gasteiger partial charge in [0.1, 0.15) is 0 Å². The van der Waals surface area contributed by atoms with Crippen LogP contribution in [0.25, 0.3) is 0 Å². The van der Waals surface area contributed by atoms with Crippen molar-refractivity contribution < 1.29 is 36.0 Å². The third kappa shape index (κ3) is 38.5. The molecule has 0 unspecified atom stereocenters. The quantitative estimate of drug-likeness (QED) is 0.135. The van der Waals surface area contributed by atoms with Gasteiger partial charge in [0, 0.05) is 22.8 Å². The lowest BCUT2D eigenvalue weighted by molar-refractivity contribution is -0.185. The van der Waals surface area contributed by atoms with Gasteiger partial charge in [0.2, 0.25) is 0 Å². The van der Waals surface area contributed by atoms with Crippen LogP contribution in [-0.4, -0.2) is 6.18 Å². The Labute approximate surface area is 807 Å². The fourth-order valence-electron chi connectivity index (χ4n) is 29.7. The minimum atomic E-state index is -3.95. The zero-order valence-corrected chi connectivity index (χ0v) is 85.3. The predicted molar refractivity (Wildman–Crippen MR) is 582 cm³/mol. The van der Waals surface area contributed by atoms with Gasteiger partial charge in [-0.15, -0.1) is 32.9 Å². The first kappa shape index (κ1) is 107. The molecule has 0 saturated heterocycles. The van der Waals surface area contributed by atoms with E-state index in [1.807, 2.05) is 0 Å². The molecule has 0 N–H and O–H groups in total. The summed E-state index contributed by atoms with van der Waals surface area (Å²) in [5, 5.41) is 0. The summed E-state index contributed by atoms with van der Waals surface area (Å²) in [7, 11) is 0. The van der Waals surface area contributed by atoms with E-state index in [2.05, 4.69) is 169 Å². The van der Waals surface area contributed by atoms with Gasteiger partial charge in [0.25, 0.3) is 0 Å². The second kappa shape index (κ2) is 59.6. The number of halogens is 3. The van der Waals surface area contributed by atoms with Gasteiger partial charge < -0.3 is 0 Å². The molecule has 0 aromatic rings. The minimum Gasteiger partial charge on any atom is -0.171 e. The summed E-state index contributed by atoms with van der Waals surface area (Å²) in [5.41, 5.74) is 0. The summed E-state index contributed by atoms with van der Waals surface area (Å²) < 4.78 is 37.7.